The predicted octanol–water partition coefficient (Wildman–Crippen LogP) is 4.12. The summed E-state index contributed by atoms with van der Waals surface area (Å²) in [5, 5.41) is 9.92. The molecule has 1 saturated heterocycles. The summed E-state index contributed by atoms with van der Waals surface area (Å²) >= 11 is 5.69. The molecule has 2 aromatic rings. The molecule has 26 heavy (non-hydrogen) atoms. The number of epoxide rings is 1. The molecule has 0 aromatic heterocycles. The Morgan fingerprint density at radius 1 is 1.00 bits per heavy atom. The van der Waals surface area contributed by atoms with Crippen molar-refractivity contribution in [3.05, 3.63) is 59.7 Å². The van der Waals surface area contributed by atoms with Crippen molar-refractivity contribution in [1.82, 2.24) is 0 Å². The van der Waals surface area contributed by atoms with Gasteiger partial charge in [-0.15, -0.1) is 11.6 Å². The summed E-state index contributed by atoms with van der Waals surface area (Å²) in [6, 6.07) is 15.9. The molecule has 2 unspecified atom stereocenters. The lowest BCUT2D eigenvalue weighted by atomic mass is 9.78. The average molecular weight is 377 g/mol. The minimum atomic E-state index is -1.38. The van der Waals surface area contributed by atoms with Gasteiger partial charge in [0.25, 0.3) is 0 Å². The van der Waals surface area contributed by atoms with Gasteiger partial charge >= 0.3 is 0 Å². The number of benzene rings is 2. The van der Waals surface area contributed by atoms with Crippen LogP contribution in [-0.4, -0.2) is 36.1 Å². The fraction of sp³-hybridized carbons (Fsp3) is 0.429. The lowest BCUT2D eigenvalue weighted by molar-refractivity contribution is -0.101. The highest BCUT2D eigenvalue weighted by molar-refractivity contribution is 6.18. The third kappa shape index (κ3) is 4.70. The van der Waals surface area contributed by atoms with Crippen molar-refractivity contribution in [3.63, 3.8) is 0 Å². The van der Waals surface area contributed by atoms with E-state index >= 15 is 0 Å². The van der Waals surface area contributed by atoms with Crippen LogP contribution in [0.4, 0.5) is 0 Å². The van der Waals surface area contributed by atoms with E-state index in [2.05, 4.69) is 26.0 Å². The summed E-state index contributed by atoms with van der Waals surface area (Å²) in [4.78, 5) is 0. The quantitative estimate of drug-likeness (QED) is 0.428. The first-order chi connectivity index (χ1) is 12.3. The topological polar surface area (TPSA) is 51.2 Å². The first-order valence-electron chi connectivity index (χ1n) is 8.73. The molecule has 1 heterocycles. The molecule has 140 valence electrons. The molecule has 3 rings (SSSR count). The van der Waals surface area contributed by atoms with Crippen molar-refractivity contribution >= 4 is 11.6 Å². The predicted molar refractivity (Wildman–Crippen MR) is 102 cm³/mol. The maximum Gasteiger partial charge on any atom is 0.218 e. The third-order valence-corrected chi connectivity index (χ3v) is 5.07. The first kappa shape index (κ1) is 19.0. The van der Waals surface area contributed by atoms with Gasteiger partial charge in [-0.3, -0.25) is 0 Å². The zero-order chi connectivity index (χ0) is 18.8. The van der Waals surface area contributed by atoms with E-state index in [1.54, 1.807) is 0 Å². The number of ether oxygens (including phenoxy) is 3. The van der Waals surface area contributed by atoms with Crippen molar-refractivity contribution in [3.8, 4) is 11.5 Å². The maximum absolute atomic E-state index is 9.92. The van der Waals surface area contributed by atoms with E-state index in [0.717, 1.165) is 17.9 Å². The first-order valence-corrected chi connectivity index (χ1v) is 9.26. The van der Waals surface area contributed by atoms with E-state index in [-0.39, 0.29) is 17.4 Å². The monoisotopic (exact) mass is 376 g/mol. The highest BCUT2D eigenvalue weighted by Gasteiger charge is 2.25. The molecule has 1 fully saturated rings. The molecule has 0 bridgehead atoms. The molecule has 0 spiro atoms. The van der Waals surface area contributed by atoms with Gasteiger partial charge in [0.1, 0.15) is 24.2 Å². The van der Waals surface area contributed by atoms with Crippen LogP contribution in [0.3, 0.4) is 0 Å². The zero-order valence-electron chi connectivity index (χ0n) is 15.4. The summed E-state index contributed by atoms with van der Waals surface area (Å²) in [5.74, 6) is 0.0647. The zero-order valence-corrected chi connectivity index (χ0v) is 16.1. The maximum atomic E-state index is 9.92. The molecule has 1 N–H and O–H groups in total. The molecule has 2 atom stereocenters. The van der Waals surface area contributed by atoms with Crippen molar-refractivity contribution in [2.75, 3.05) is 19.1 Å². The second-order valence-corrected chi connectivity index (χ2v) is 7.62. The fourth-order valence-corrected chi connectivity index (χ4v) is 2.76. The highest BCUT2D eigenvalue weighted by atomic mass is 35.5. The van der Waals surface area contributed by atoms with Gasteiger partial charge in [-0.25, -0.2) is 0 Å². The Hall–Kier alpha value is -1.75. The summed E-state index contributed by atoms with van der Waals surface area (Å²) in [6.07, 6.45) is 0.256. The number of rotatable bonds is 8. The van der Waals surface area contributed by atoms with E-state index in [4.69, 9.17) is 25.8 Å². The van der Waals surface area contributed by atoms with E-state index in [1.165, 1.54) is 12.5 Å². The van der Waals surface area contributed by atoms with Crippen LogP contribution in [0.2, 0.25) is 0 Å². The molecule has 0 saturated carbocycles. The second kappa shape index (κ2) is 7.47. The largest absolute Gasteiger partial charge is 0.491 e. The summed E-state index contributed by atoms with van der Waals surface area (Å²) < 4.78 is 16.3. The molecular weight excluding hydrogens is 352 g/mol. The molecule has 4 nitrogen and oxygen atoms in total. The van der Waals surface area contributed by atoms with Crippen LogP contribution in [0.15, 0.2) is 48.5 Å². The molecule has 0 amide bonds. The Morgan fingerprint density at radius 2 is 1.50 bits per heavy atom. The molecular formula is C21H25ClO4. The van der Waals surface area contributed by atoms with Gasteiger partial charge in [-0.2, -0.15) is 0 Å². The van der Waals surface area contributed by atoms with Crippen LogP contribution in [-0.2, 0) is 10.2 Å². The van der Waals surface area contributed by atoms with Crippen LogP contribution in [0.1, 0.15) is 31.9 Å². The smallest absolute Gasteiger partial charge is 0.218 e. The summed E-state index contributed by atoms with van der Waals surface area (Å²) in [7, 11) is 0. The number of hydrogen-bond donors (Lipinski definition) is 1. The average Bonchev–Trinajstić information content (AvgIpc) is 3.45. The number of alkyl halides is 1. The van der Waals surface area contributed by atoms with E-state index in [1.807, 2.05) is 36.4 Å². The van der Waals surface area contributed by atoms with Gasteiger partial charge in [0.05, 0.1) is 12.5 Å². The van der Waals surface area contributed by atoms with Crippen molar-refractivity contribution in [2.45, 2.75) is 38.1 Å². The summed E-state index contributed by atoms with van der Waals surface area (Å²) in [5.41, 5.74) is 2.16. The minimum absolute atomic E-state index is 0.00152. The van der Waals surface area contributed by atoms with E-state index in [9.17, 15) is 5.11 Å². The Morgan fingerprint density at radius 3 is 1.96 bits per heavy atom. The van der Waals surface area contributed by atoms with E-state index < -0.39 is 5.79 Å². The van der Waals surface area contributed by atoms with E-state index in [0.29, 0.717) is 12.4 Å². The van der Waals surface area contributed by atoms with Crippen molar-refractivity contribution in [2.24, 2.45) is 0 Å². The van der Waals surface area contributed by atoms with Gasteiger partial charge in [-0.05, 0) is 35.4 Å². The third-order valence-electron chi connectivity index (χ3n) is 4.58. The number of aliphatic hydroxyl groups is 1. The molecule has 2 aromatic carbocycles. The van der Waals surface area contributed by atoms with Gasteiger partial charge in [0, 0.05) is 12.3 Å². The molecule has 0 aliphatic carbocycles. The normalized spacial score (nSPS) is 18.9. The van der Waals surface area contributed by atoms with Gasteiger partial charge in [0.2, 0.25) is 5.79 Å². The van der Waals surface area contributed by atoms with Crippen LogP contribution >= 0.6 is 11.6 Å². The molecule has 0 radical (unpaired) electrons. The second-order valence-electron chi connectivity index (χ2n) is 7.35. The Labute approximate surface area is 159 Å². The van der Waals surface area contributed by atoms with Gasteiger partial charge < -0.3 is 19.3 Å². The Balaban J connectivity index is 1.70. The fourth-order valence-electron chi connectivity index (χ4n) is 2.71. The van der Waals surface area contributed by atoms with Crippen molar-refractivity contribution in [1.29, 1.82) is 0 Å². The lowest BCUT2D eigenvalue weighted by Crippen LogP contribution is -2.33. The molecule has 1 aliphatic heterocycles. The molecule has 5 heteroatoms. The number of halogens is 1. The lowest BCUT2D eigenvalue weighted by Gasteiger charge is -2.27. The standard InChI is InChI=1S/C21H25ClO4/c1-20(2,15-4-8-17(9-5-15)24-12-19-13-25-19)16-6-10-18(11-7-16)26-21(3,23)14-22/h4-11,19,23H,12-14H2,1-3H3. The Kier molecular flexibility index (Phi) is 5.47. The van der Waals surface area contributed by atoms with Crippen LogP contribution < -0.4 is 9.47 Å². The molecule has 1 aliphatic rings. The number of hydrogen-bond acceptors (Lipinski definition) is 4. The van der Waals surface area contributed by atoms with Gasteiger partial charge in [0.15, 0.2) is 0 Å². The Bertz CT molecular complexity index is 719. The van der Waals surface area contributed by atoms with Crippen LogP contribution in [0.5, 0.6) is 11.5 Å². The van der Waals surface area contributed by atoms with Crippen LogP contribution in [0.25, 0.3) is 0 Å². The van der Waals surface area contributed by atoms with Crippen LogP contribution in [0, 0.1) is 0 Å². The highest BCUT2D eigenvalue weighted by Crippen LogP contribution is 2.33. The van der Waals surface area contributed by atoms with Crippen molar-refractivity contribution < 1.29 is 19.3 Å². The minimum Gasteiger partial charge on any atom is -0.491 e. The summed E-state index contributed by atoms with van der Waals surface area (Å²) in [6.45, 7) is 7.29. The SMILES string of the molecule is CC(O)(CCl)Oc1ccc(C(C)(C)c2ccc(OCC3CO3)cc2)cc1. The van der Waals surface area contributed by atoms with Gasteiger partial charge in [-0.1, -0.05) is 38.1 Å².